The molecular formula is C25H31N5O. The van der Waals surface area contributed by atoms with Crippen LogP contribution in [0.1, 0.15) is 51.6 Å². The number of nitrogens with zero attached hydrogens (tertiary/aromatic N) is 5. The second kappa shape index (κ2) is 7.08. The lowest BCUT2D eigenvalue weighted by atomic mass is 9.68. The molecule has 2 fully saturated rings. The van der Waals surface area contributed by atoms with Crippen molar-refractivity contribution in [2.75, 3.05) is 11.9 Å². The van der Waals surface area contributed by atoms with E-state index in [0.717, 1.165) is 17.2 Å². The van der Waals surface area contributed by atoms with Crippen LogP contribution in [-0.4, -0.2) is 37.9 Å². The van der Waals surface area contributed by atoms with Crippen LogP contribution < -0.4 is 4.90 Å². The van der Waals surface area contributed by atoms with E-state index in [1.54, 1.807) is 12.4 Å². The van der Waals surface area contributed by atoms with Gasteiger partial charge in [0, 0.05) is 30.9 Å². The first-order valence-electron chi connectivity index (χ1n) is 11.1. The molecule has 2 aliphatic rings. The summed E-state index contributed by atoms with van der Waals surface area (Å²) in [5.41, 5.74) is 4.06. The maximum Gasteiger partial charge on any atom is 0.151 e. The van der Waals surface area contributed by atoms with Crippen molar-refractivity contribution in [1.29, 1.82) is 0 Å². The van der Waals surface area contributed by atoms with E-state index in [1.807, 2.05) is 42.0 Å². The SMILES string of the molecule is Cc1cn(-c2ccc(-c3ccc(N(C)[C@H]4C[C@]5(C)CC[C@](C)(C4)C5)nn3)c(O)c2)cn1. The fraction of sp³-hybridized carbons (Fsp3) is 0.480. The number of anilines is 1. The summed E-state index contributed by atoms with van der Waals surface area (Å²) < 4.78 is 1.89. The third-order valence-electron chi connectivity index (χ3n) is 7.47. The van der Waals surface area contributed by atoms with Crippen LogP contribution in [0, 0.1) is 17.8 Å². The minimum Gasteiger partial charge on any atom is -0.507 e. The molecule has 0 amide bonds. The van der Waals surface area contributed by atoms with Crippen LogP contribution in [0.25, 0.3) is 16.9 Å². The van der Waals surface area contributed by atoms with Crippen molar-refractivity contribution in [3.05, 3.63) is 48.5 Å². The van der Waals surface area contributed by atoms with Crippen molar-refractivity contribution in [3.8, 4) is 22.7 Å². The number of aromatic hydroxyl groups is 1. The lowest BCUT2D eigenvalue weighted by Crippen LogP contribution is -2.42. The van der Waals surface area contributed by atoms with Crippen LogP contribution >= 0.6 is 0 Å². The molecule has 3 aromatic rings. The predicted octanol–water partition coefficient (Wildman–Crippen LogP) is 5.14. The highest BCUT2D eigenvalue weighted by atomic mass is 16.3. The molecule has 2 aliphatic carbocycles. The van der Waals surface area contributed by atoms with E-state index in [1.165, 1.54) is 32.1 Å². The van der Waals surface area contributed by atoms with Gasteiger partial charge in [-0.25, -0.2) is 4.98 Å². The fourth-order valence-electron chi connectivity index (χ4n) is 5.95. The monoisotopic (exact) mass is 417 g/mol. The Morgan fingerprint density at radius 1 is 1.06 bits per heavy atom. The summed E-state index contributed by atoms with van der Waals surface area (Å²) in [6, 6.07) is 10.0. The van der Waals surface area contributed by atoms with E-state index in [4.69, 9.17) is 0 Å². The number of rotatable bonds is 4. The molecule has 2 bridgehead atoms. The van der Waals surface area contributed by atoms with Crippen molar-refractivity contribution < 1.29 is 5.11 Å². The molecule has 0 radical (unpaired) electrons. The van der Waals surface area contributed by atoms with Gasteiger partial charge in [0.25, 0.3) is 0 Å². The van der Waals surface area contributed by atoms with Crippen LogP contribution in [0.3, 0.4) is 0 Å². The van der Waals surface area contributed by atoms with Gasteiger partial charge in [-0.3, -0.25) is 0 Å². The standard InChI is InChI=1S/C25H31N5O/c1-17-14-30(16-26-17)18-5-6-20(22(31)11-18)21-7-8-23(28-27-21)29(4)19-12-24(2)9-10-25(3,13-19)15-24/h5-8,11,14,16,19,31H,9-10,12-13,15H2,1-4H3/t19-,24-,25+. The average molecular weight is 418 g/mol. The zero-order valence-corrected chi connectivity index (χ0v) is 18.8. The highest BCUT2D eigenvalue weighted by molar-refractivity contribution is 5.69. The molecule has 2 aromatic heterocycles. The van der Waals surface area contributed by atoms with Gasteiger partial charge >= 0.3 is 0 Å². The van der Waals surface area contributed by atoms with Crippen molar-refractivity contribution in [1.82, 2.24) is 19.7 Å². The summed E-state index contributed by atoms with van der Waals surface area (Å²) in [4.78, 5) is 6.55. The molecule has 0 saturated heterocycles. The number of fused-ring (bicyclic) bond motifs is 2. The first-order chi connectivity index (χ1) is 14.7. The van der Waals surface area contributed by atoms with E-state index in [0.29, 0.717) is 28.1 Å². The van der Waals surface area contributed by atoms with Gasteiger partial charge in [-0.2, -0.15) is 0 Å². The van der Waals surface area contributed by atoms with Crippen LogP contribution in [0.4, 0.5) is 5.82 Å². The smallest absolute Gasteiger partial charge is 0.151 e. The molecule has 0 unspecified atom stereocenters. The van der Waals surface area contributed by atoms with Gasteiger partial charge in [0.15, 0.2) is 5.82 Å². The first kappa shape index (κ1) is 20.0. The lowest BCUT2D eigenvalue weighted by Gasteiger charge is -2.44. The fourth-order valence-corrected chi connectivity index (χ4v) is 5.95. The van der Waals surface area contributed by atoms with E-state index in [-0.39, 0.29) is 5.75 Å². The maximum absolute atomic E-state index is 10.6. The van der Waals surface area contributed by atoms with Crippen molar-refractivity contribution in [2.24, 2.45) is 10.8 Å². The lowest BCUT2D eigenvalue weighted by molar-refractivity contribution is 0.148. The number of hydrogen-bond donors (Lipinski definition) is 1. The van der Waals surface area contributed by atoms with Gasteiger partial charge < -0.3 is 14.6 Å². The van der Waals surface area contributed by atoms with Crippen LogP contribution in [0.5, 0.6) is 5.75 Å². The molecule has 5 rings (SSSR count). The summed E-state index contributed by atoms with van der Waals surface area (Å²) >= 11 is 0. The average Bonchev–Trinajstić information content (AvgIpc) is 3.27. The summed E-state index contributed by atoms with van der Waals surface area (Å²) in [6.45, 7) is 6.84. The minimum absolute atomic E-state index is 0.184. The molecule has 162 valence electrons. The molecule has 2 saturated carbocycles. The number of phenolic OH excluding ortho intramolecular Hbond substituents is 1. The zero-order valence-electron chi connectivity index (χ0n) is 18.8. The van der Waals surface area contributed by atoms with Gasteiger partial charge in [-0.15, -0.1) is 10.2 Å². The van der Waals surface area contributed by atoms with E-state index in [2.05, 4.69) is 41.0 Å². The van der Waals surface area contributed by atoms with Gasteiger partial charge in [0.1, 0.15) is 5.75 Å². The molecule has 6 nitrogen and oxygen atoms in total. The zero-order chi connectivity index (χ0) is 21.8. The van der Waals surface area contributed by atoms with Gasteiger partial charge in [0.05, 0.1) is 23.4 Å². The highest BCUT2D eigenvalue weighted by Gasteiger charge is 2.49. The number of aryl methyl sites for hydroxylation is 1. The Morgan fingerprint density at radius 2 is 1.81 bits per heavy atom. The van der Waals surface area contributed by atoms with E-state index in [9.17, 15) is 5.11 Å². The number of hydrogen-bond acceptors (Lipinski definition) is 5. The number of phenols is 1. The predicted molar refractivity (Wildman–Crippen MR) is 122 cm³/mol. The second-order valence-corrected chi connectivity index (χ2v) is 10.4. The molecule has 31 heavy (non-hydrogen) atoms. The molecule has 1 aromatic carbocycles. The Balaban J connectivity index is 1.35. The van der Waals surface area contributed by atoms with Gasteiger partial charge in [-0.05, 0) is 74.1 Å². The third kappa shape index (κ3) is 3.68. The molecule has 0 spiro atoms. The van der Waals surface area contributed by atoms with Crippen LogP contribution in [0.2, 0.25) is 0 Å². The van der Waals surface area contributed by atoms with E-state index >= 15 is 0 Å². The van der Waals surface area contributed by atoms with Crippen molar-refractivity contribution in [2.45, 2.75) is 58.9 Å². The highest BCUT2D eigenvalue weighted by Crippen LogP contribution is 2.58. The molecular weight excluding hydrogens is 386 g/mol. The first-order valence-corrected chi connectivity index (χ1v) is 11.1. The Bertz CT molecular complexity index is 1090. The molecule has 3 atom stereocenters. The normalized spacial score (nSPS) is 27.4. The molecule has 2 heterocycles. The topological polar surface area (TPSA) is 67.1 Å². The molecule has 1 N–H and O–H groups in total. The number of imidazole rings is 1. The molecule has 6 heteroatoms. The van der Waals surface area contributed by atoms with Gasteiger partial charge in [-0.1, -0.05) is 13.8 Å². The van der Waals surface area contributed by atoms with Crippen molar-refractivity contribution in [3.63, 3.8) is 0 Å². The Kier molecular flexibility index (Phi) is 4.57. The number of aromatic nitrogens is 4. The van der Waals surface area contributed by atoms with Gasteiger partial charge in [0.2, 0.25) is 0 Å². The largest absolute Gasteiger partial charge is 0.507 e. The van der Waals surface area contributed by atoms with E-state index < -0.39 is 0 Å². The summed E-state index contributed by atoms with van der Waals surface area (Å²) in [5, 5.41) is 19.6. The summed E-state index contributed by atoms with van der Waals surface area (Å²) in [7, 11) is 2.14. The molecule has 0 aliphatic heterocycles. The summed E-state index contributed by atoms with van der Waals surface area (Å²) in [5.74, 6) is 1.08. The van der Waals surface area contributed by atoms with Crippen LogP contribution in [0.15, 0.2) is 42.9 Å². The Morgan fingerprint density at radius 3 is 2.39 bits per heavy atom. The Hall–Kier alpha value is -2.89. The van der Waals surface area contributed by atoms with Crippen molar-refractivity contribution >= 4 is 5.82 Å². The summed E-state index contributed by atoms with van der Waals surface area (Å²) in [6.07, 6.45) is 10.1. The minimum atomic E-state index is 0.184. The second-order valence-electron chi connectivity index (χ2n) is 10.4. The number of benzene rings is 1. The quantitative estimate of drug-likeness (QED) is 0.637. The Labute approximate surface area is 184 Å². The third-order valence-corrected chi connectivity index (χ3v) is 7.47. The van der Waals surface area contributed by atoms with Crippen LogP contribution in [-0.2, 0) is 0 Å². The maximum atomic E-state index is 10.6.